The third-order valence-corrected chi connectivity index (χ3v) is 5.06. The van der Waals surface area contributed by atoms with Crippen molar-refractivity contribution in [3.8, 4) is 0 Å². The van der Waals surface area contributed by atoms with Gasteiger partial charge >= 0.3 is 0 Å². The Bertz CT molecular complexity index is 591. The predicted molar refractivity (Wildman–Crippen MR) is 92.7 cm³/mol. The van der Waals surface area contributed by atoms with Crippen LogP contribution in [0.2, 0.25) is 0 Å². The third kappa shape index (κ3) is 3.56. The molecule has 0 saturated carbocycles. The molecule has 110 valence electrons. The van der Waals surface area contributed by atoms with Crippen LogP contribution in [0.3, 0.4) is 0 Å². The van der Waals surface area contributed by atoms with E-state index in [0.717, 1.165) is 11.0 Å². The van der Waals surface area contributed by atoms with Crippen molar-refractivity contribution in [3.63, 3.8) is 0 Å². The Morgan fingerprint density at radius 1 is 1.14 bits per heavy atom. The summed E-state index contributed by atoms with van der Waals surface area (Å²) in [5.41, 5.74) is 4.45. The van der Waals surface area contributed by atoms with Crippen molar-refractivity contribution in [2.24, 2.45) is 0 Å². The molecule has 0 amide bonds. The summed E-state index contributed by atoms with van der Waals surface area (Å²) in [7, 11) is 0. The smallest absolute Gasteiger partial charge is 0.0292 e. The average molecular weight is 344 g/mol. The molecule has 0 heterocycles. The number of hydrogen-bond acceptors (Lipinski definition) is 1. The van der Waals surface area contributed by atoms with Crippen molar-refractivity contribution in [3.05, 3.63) is 69.7 Å². The molecule has 1 N–H and O–H groups in total. The van der Waals surface area contributed by atoms with Gasteiger partial charge in [0.15, 0.2) is 0 Å². The van der Waals surface area contributed by atoms with E-state index >= 15 is 0 Å². The van der Waals surface area contributed by atoms with Gasteiger partial charge < -0.3 is 5.32 Å². The van der Waals surface area contributed by atoms with E-state index in [4.69, 9.17) is 0 Å². The number of nitrogens with one attached hydrogen (secondary N) is 1. The van der Waals surface area contributed by atoms with Gasteiger partial charge in [-0.2, -0.15) is 0 Å². The molecule has 0 spiro atoms. The molecular formula is C19H22BrN. The molecule has 0 fully saturated rings. The summed E-state index contributed by atoms with van der Waals surface area (Å²) in [4.78, 5) is 0. The summed E-state index contributed by atoms with van der Waals surface area (Å²) in [6.07, 6.45) is 3.86. The van der Waals surface area contributed by atoms with Gasteiger partial charge in [0.1, 0.15) is 0 Å². The molecule has 1 nitrogen and oxygen atoms in total. The standard InChI is InChI=1S/C19H22BrN/c1-14(15-9-11-18(20)12-10-15)21-13-17-7-4-6-16-5-2-3-8-19(16)17/h2-3,5,8-12,14,17,21H,4,6-7,13H2,1H3/t14-,17?/m1/s1. The fourth-order valence-electron chi connectivity index (χ4n) is 3.25. The number of fused-ring (bicyclic) bond motifs is 1. The lowest BCUT2D eigenvalue weighted by atomic mass is 9.82. The summed E-state index contributed by atoms with van der Waals surface area (Å²) in [5, 5.41) is 3.71. The lowest BCUT2D eigenvalue weighted by molar-refractivity contribution is 0.473. The number of rotatable bonds is 4. The Balaban J connectivity index is 1.64. The average Bonchev–Trinajstić information content (AvgIpc) is 2.53. The van der Waals surface area contributed by atoms with Crippen LogP contribution >= 0.6 is 15.9 Å². The zero-order valence-electron chi connectivity index (χ0n) is 12.5. The molecular weight excluding hydrogens is 322 g/mol. The van der Waals surface area contributed by atoms with Gasteiger partial charge in [0, 0.05) is 17.1 Å². The van der Waals surface area contributed by atoms with Crippen LogP contribution in [0, 0.1) is 0 Å². The topological polar surface area (TPSA) is 12.0 Å². The molecule has 1 aliphatic rings. The van der Waals surface area contributed by atoms with E-state index in [1.165, 1.54) is 24.8 Å². The minimum atomic E-state index is 0.396. The van der Waals surface area contributed by atoms with E-state index < -0.39 is 0 Å². The molecule has 2 aromatic carbocycles. The van der Waals surface area contributed by atoms with Crippen LogP contribution in [-0.2, 0) is 6.42 Å². The Kier molecular flexibility index (Phi) is 4.77. The highest BCUT2D eigenvalue weighted by atomic mass is 79.9. The molecule has 0 bridgehead atoms. The van der Waals surface area contributed by atoms with Crippen LogP contribution in [0.5, 0.6) is 0 Å². The van der Waals surface area contributed by atoms with Gasteiger partial charge in [-0.25, -0.2) is 0 Å². The van der Waals surface area contributed by atoms with Crippen molar-refractivity contribution >= 4 is 15.9 Å². The molecule has 0 saturated heterocycles. The molecule has 3 rings (SSSR count). The summed E-state index contributed by atoms with van der Waals surface area (Å²) < 4.78 is 1.14. The summed E-state index contributed by atoms with van der Waals surface area (Å²) >= 11 is 3.49. The molecule has 0 radical (unpaired) electrons. The second-order valence-corrected chi connectivity index (χ2v) is 6.89. The van der Waals surface area contributed by atoms with E-state index in [9.17, 15) is 0 Å². The van der Waals surface area contributed by atoms with Gasteiger partial charge in [0.05, 0.1) is 0 Å². The van der Waals surface area contributed by atoms with Gasteiger partial charge in [-0.15, -0.1) is 0 Å². The number of aryl methyl sites for hydroxylation is 1. The summed E-state index contributed by atoms with van der Waals surface area (Å²) in [6, 6.07) is 18.0. The quantitative estimate of drug-likeness (QED) is 0.802. The van der Waals surface area contributed by atoms with E-state index in [2.05, 4.69) is 76.7 Å². The monoisotopic (exact) mass is 343 g/mol. The Morgan fingerprint density at radius 2 is 1.90 bits per heavy atom. The maximum Gasteiger partial charge on any atom is 0.0292 e. The van der Waals surface area contributed by atoms with Gasteiger partial charge in [0.2, 0.25) is 0 Å². The van der Waals surface area contributed by atoms with Gasteiger partial charge in [-0.1, -0.05) is 52.3 Å². The van der Waals surface area contributed by atoms with Crippen molar-refractivity contribution in [2.75, 3.05) is 6.54 Å². The fourth-order valence-corrected chi connectivity index (χ4v) is 3.52. The highest BCUT2D eigenvalue weighted by Crippen LogP contribution is 2.31. The first kappa shape index (κ1) is 14.8. The molecule has 1 unspecified atom stereocenters. The van der Waals surface area contributed by atoms with Crippen LogP contribution in [0.1, 0.15) is 48.4 Å². The number of hydrogen-bond donors (Lipinski definition) is 1. The molecule has 2 atom stereocenters. The van der Waals surface area contributed by atoms with Crippen LogP contribution < -0.4 is 5.32 Å². The zero-order chi connectivity index (χ0) is 14.7. The van der Waals surface area contributed by atoms with E-state index in [1.807, 2.05) is 0 Å². The molecule has 0 aliphatic heterocycles. The normalized spacial score (nSPS) is 19.0. The van der Waals surface area contributed by atoms with Gasteiger partial charge in [-0.05, 0) is 60.9 Å². The summed E-state index contributed by atoms with van der Waals surface area (Å²) in [6.45, 7) is 3.31. The highest BCUT2D eigenvalue weighted by molar-refractivity contribution is 9.10. The van der Waals surface area contributed by atoms with Crippen molar-refractivity contribution in [2.45, 2.75) is 38.1 Å². The SMILES string of the molecule is C[C@@H](NCC1CCCc2ccccc21)c1ccc(Br)cc1. The maximum absolute atomic E-state index is 3.71. The highest BCUT2D eigenvalue weighted by Gasteiger charge is 2.20. The van der Waals surface area contributed by atoms with E-state index in [0.29, 0.717) is 12.0 Å². The Hall–Kier alpha value is -1.12. The molecule has 2 aromatic rings. The van der Waals surface area contributed by atoms with Crippen LogP contribution in [0.15, 0.2) is 53.0 Å². The molecule has 1 aliphatic carbocycles. The van der Waals surface area contributed by atoms with Crippen LogP contribution in [0.4, 0.5) is 0 Å². The lowest BCUT2D eigenvalue weighted by Crippen LogP contribution is -2.26. The second-order valence-electron chi connectivity index (χ2n) is 5.97. The number of benzene rings is 2. The summed E-state index contributed by atoms with van der Waals surface area (Å²) in [5.74, 6) is 0.660. The number of halogens is 1. The maximum atomic E-state index is 3.71. The molecule has 21 heavy (non-hydrogen) atoms. The van der Waals surface area contributed by atoms with Crippen LogP contribution in [0.25, 0.3) is 0 Å². The Labute approximate surface area is 135 Å². The Morgan fingerprint density at radius 3 is 2.71 bits per heavy atom. The predicted octanol–water partition coefficient (Wildman–Crippen LogP) is 5.22. The largest absolute Gasteiger partial charge is 0.310 e. The molecule has 2 heteroatoms. The minimum Gasteiger partial charge on any atom is -0.310 e. The van der Waals surface area contributed by atoms with Crippen molar-refractivity contribution < 1.29 is 0 Å². The van der Waals surface area contributed by atoms with Crippen molar-refractivity contribution in [1.82, 2.24) is 5.32 Å². The van der Waals surface area contributed by atoms with Gasteiger partial charge in [0.25, 0.3) is 0 Å². The van der Waals surface area contributed by atoms with Crippen molar-refractivity contribution in [1.29, 1.82) is 0 Å². The first-order valence-electron chi connectivity index (χ1n) is 7.80. The first-order valence-corrected chi connectivity index (χ1v) is 8.60. The zero-order valence-corrected chi connectivity index (χ0v) is 14.1. The fraction of sp³-hybridized carbons (Fsp3) is 0.368. The van der Waals surface area contributed by atoms with Gasteiger partial charge in [-0.3, -0.25) is 0 Å². The minimum absolute atomic E-state index is 0.396. The molecule has 0 aromatic heterocycles. The second kappa shape index (κ2) is 6.76. The van der Waals surface area contributed by atoms with Crippen LogP contribution in [-0.4, -0.2) is 6.54 Å². The van der Waals surface area contributed by atoms with E-state index in [1.54, 1.807) is 11.1 Å². The third-order valence-electron chi connectivity index (χ3n) is 4.53. The van der Waals surface area contributed by atoms with E-state index in [-0.39, 0.29) is 0 Å². The first-order chi connectivity index (χ1) is 10.2. The lowest BCUT2D eigenvalue weighted by Gasteiger charge is -2.27.